The molecule has 1 aromatic carbocycles. The Hall–Kier alpha value is -0.230. The molecular weight excluding hydrogens is 278 g/mol. The molecule has 1 aromatic rings. The molecule has 1 aliphatic heterocycles. The third kappa shape index (κ3) is 2.87. The Morgan fingerprint density at radius 2 is 2.27 bits per heavy atom. The number of nitrogens with zero attached hydrogens (tertiary/aromatic N) is 1. The highest BCUT2D eigenvalue weighted by Gasteiger charge is 2.15. The van der Waals surface area contributed by atoms with E-state index >= 15 is 0 Å². The van der Waals surface area contributed by atoms with Crippen molar-refractivity contribution in [3.8, 4) is 0 Å². The number of fused-ring (bicyclic) bond motifs is 1. The molecule has 0 saturated heterocycles. The molecule has 0 radical (unpaired) electrons. The predicted molar refractivity (Wildman–Crippen MR) is 62.0 cm³/mol. The Morgan fingerprint density at radius 1 is 1.47 bits per heavy atom. The summed E-state index contributed by atoms with van der Waals surface area (Å²) < 4.78 is 22.2. The van der Waals surface area contributed by atoms with Crippen LogP contribution in [0.15, 0.2) is 22.7 Å². The maximum Gasteiger partial charge on any atom is 0.0616 e. The maximum absolute atomic E-state index is 10.6. The van der Waals surface area contributed by atoms with Crippen LogP contribution in [0.25, 0.3) is 0 Å². The fraction of sp³-hybridized carbons (Fsp3) is 0.400. The third-order valence-electron chi connectivity index (χ3n) is 2.55. The molecular formula is C10H11BrNO2S-. The standard InChI is InChI=1S/C10H12BrNO2S/c11-10-2-1-8-3-4-12(7-15(13)14)6-9(8)5-10/h1-2,5H,3-4,6-7H2,(H,13,14)/p-1. The lowest BCUT2D eigenvalue weighted by molar-refractivity contribution is 0.290. The van der Waals surface area contributed by atoms with Crippen LogP contribution >= 0.6 is 15.9 Å². The van der Waals surface area contributed by atoms with Gasteiger partial charge in [-0.05, 0) is 40.8 Å². The lowest BCUT2D eigenvalue weighted by Crippen LogP contribution is -2.33. The minimum absolute atomic E-state index is 0.131. The van der Waals surface area contributed by atoms with E-state index in [2.05, 4.69) is 28.1 Å². The van der Waals surface area contributed by atoms with Gasteiger partial charge in [0.05, 0.1) is 5.88 Å². The van der Waals surface area contributed by atoms with Crippen LogP contribution in [0.5, 0.6) is 0 Å². The van der Waals surface area contributed by atoms with Crippen LogP contribution in [0.1, 0.15) is 11.1 Å². The normalized spacial score (nSPS) is 18.5. The van der Waals surface area contributed by atoms with Gasteiger partial charge in [0, 0.05) is 17.6 Å². The van der Waals surface area contributed by atoms with Gasteiger partial charge in [-0.3, -0.25) is 9.11 Å². The second-order valence-corrected chi connectivity index (χ2v) is 5.43. The Labute approximate surface area is 99.9 Å². The molecule has 1 unspecified atom stereocenters. The molecule has 0 saturated carbocycles. The van der Waals surface area contributed by atoms with Crippen molar-refractivity contribution in [2.75, 3.05) is 12.4 Å². The summed E-state index contributed by atoms with van der Waals surface area (Å²) in [5.41, 5.74) is 2.55. The monoisotopic (exact) mass is 288 g/mol. The zero-order chi connectivity index (χ0) is 10.8. The van der Waals surface area contributed by atoms with Crippen LogP contribution < -0.4 is 0 Å². The van der Waals surface area contributed by atoms with E-state index in [4.69, 9.17) is 0 Å². The largest absolute Gasteiger partial charge is 0.771 e. The van der Waals surface area contributed by atoms with Crippen LogP contribution in [0.3, 0.4) is 0 Å². The number of benzene rings is 1. The summed E-state index contributed by atoms with van der Waals surface area (Å²) in [6, 6.07) is 6.19. The van der Waals surface area contributed by atoms with Crippen molar-refractivity contribution in [1.82, 2.24) is 4.90 Å². The van der Waals surface area contributed by atoms with Crippen molar-refractivity contribution in [2.24, 2.45) is 0 Å². The molecule has 15 heavy (non-hydrogen) atoms. The highest BCUT2D eigenvalue weighted by molar-refractivity contribution is 9.10. The van der Waals surface area contributed by atoms with Gasteiger partial charge in [-0.15, -0.1) is 0 Å². The van der Waals surface area contributed by atoms with Gasteiger partial charge in [0.15, 0.2) is 0 Å². The van der Waals surface area contributed by atoms with Gasteiger partial charge in [-0.1, -0.05) is 22.0 Å². The van der Waals surface area contributed by atoms with E-state index in [0.717, 1.165) is 24.0 Å². The predicted octanol–water partition coefficient (Wildman–Crippen LogP) is 1.64. The van der Waals surface area contributed by atoms with E-state index in [0.29, 0.717) is 0 Å². The third-order valence-corrected chi connectivity index (χ3v) is 3.62. The summed E-state index contributed by atoms with van der Waals surface area (Å²) in [5.74, 6) is 0.131. The summed E-state index contributed by atoms with van der Waals surface area (Å²) in [4.78, 5) is 1.94. The molecule has 1 heterocycles. The molecule has 2 rings (SSSR count). The van der Waals surface area contributed by atoms with Gasteiger partial charge in [0.1, 0.15) is 0 Å². The van der Waals surface area contributed by atoms with Gasteiger partial charge < -0.3 is 4.55 Å². The molecule has 0 amide bonds. The summed E-state index contributed by atoms with van der Waals surface area (Å²) in [6.45, 7) is 1.55. The molecule has 0 N–H and O–H groups in total. The van der Waals surface area contributed by atoms with E-state index < -0.39 is 11.1 Å². The quantitative estimate of drug-likeness (QED) is 0.777. The number of hydrogen-bond donors (Lipinski definition) is 0. The van der Waals surface area contributed by atoms with Gasteiger partial charge >= 0.3 is 0 Å². The molecule has 0 fully saturated rings. The van der Waals surface area contributed by atoms with Crippen LogP contribution in [-0.2, 0) is 24.0 Å². The molecule has 0 aromatic heterocycles. The van der Waals surface area contributed by atoms with Crippen molar-refractivity contribution >= 4 is 27.0 Å². The van der Waals surface area contributed by atoms with Gasteiger partial charge in [-0.2, -0.15) is 0 Å². The molecule has 1 atom stereocenters. The van der Waals surface area contributed by atoms with Crippen molar-refractivity contribution in [1.29, 1.82) is 0 Å². The lowest BCUT2D eigenvalue weighted by atomic mass is 10.0. The number of rotatable bonds is 2. The van der Waals surface area contributed by atoms with Crippen molar-refractivity contribution in [3.63, 3.8) is 0 Å². The van der Waals surface area contributed by atoms with E-state index in [1.807, 2.05) is 11.0 Å². The summed E-state index contributed by atoms with van der Waals surface area (Å²) >= 11 is 1.44. The molecule has 3 nitrogen and oxygen atoms in total. The summed E-state index contributed by atoms with van der Waals surface area (Å²) in [6.07, 6.45) is 0.930. The first-order valence-corrected chi connectivity index (χ1v) is 6.74. The topological polar surface area (TPSA) is 43.4 Å². The molecule has 1 aliphatic rings. The highest BCUT2D eigenvalue weighted by Crippen LogP contribution is 2.22. The highest BCUT2D eigenvalue weighted by atomic mass is 79.9. The van der Waals surface area contributed by atoms with E-state index in [1.54, 1.807) is 0 Å². The number of hydrogen-bond acceptors (Lipinski definition) is 3. The van der Waals surface area contributed by atoms with Crippen molar-refractivity contribution in [3.05, 3.63) is 33.8 Å². The van der Waals surface area contributed by atoms with Crippen LogP contribution in [0.4, 0.5) is 0 Å². The minimum atomic E-state index is -1.98. The van der Waals surface area contributed by atoms with Crippen LogP contribution in [-0.4, -0.2) is 26.1 Å². The second kappa shape index (κ2) is 4.74. The SMILES string of the molecule is O=S([O-])CN1CCc2ccc(Br)cc2C1. The zero-order valence-electron chi connectivity index (χ0n) is 8.11. The molecule has 0 bridgehead atoms. The fourth-order valence-corrected chi connectivity index (χ4v) is 2.77. The molecule has 5 heteroatoms. The molecule has 0 spiro atoms. The Balaban J connectivity index is 2.14. The summed E-state index contributed by atoms with van der Waals surface area (Å²) in [7, 11) is 0. The van der Waals surface area contributed by atoms with Crippen molar-refractivity contribution in [2.45, 2.75) is 13.0 Å². The van der Waals surface area contributed by atoms with Gasteiger partial charge in [-0.25, -0.2) is 0 Å². The first-order valence-electron chi connectivity index (χ1n) is 4.70. The van der Waals surface area contributed by atoms with E-state index in [9.17, 15) is 8.76 Å². The minimum Gasteiger partial charge on any atom is -0.771 e. The van der Waals surface area contributed by atoms with Gasteiger partial charge in [0.2, 0.25) is 0 Å². The van der Waals surface area contributed by atoms with E-state index in [-0.39, 0.29) is 5.88 Å². The molecule has 82 valence electrons. The van der Waals surface area contributed by atoms with E-state index in [1.165, 1.54) is 11.1 Å². The average molecular weight is 289 g/mol. The lowest BCUT2D eigenvalue weighted by Gasteiger charge is -2.29. The Kier molecular flexibility index (Phi) is 3.56. The first-order chi connectivity index (χ1) is 7.15. The maximum atomic E-state index is 10.6. The Morgan fingerprint density at radius 3 is 3.00 bits per heavy atom. The summed E-state index contributed by atoms with van der Waals surface area (Å²) in [5, 5.41) is 0. The zero-order valence-corrected chi connectivity index (χ0v) is 10.5. The Bertz CT molecular complexity index is 397. The second-order valence-electron chi connectivity index (χ2n) is 3.65. The smallest absolute Gasteiger partial charge is 0.0616 e. The molecule has 0 aliphatic carbocycles. The van der Waals surface area contributed by atoms with Crippen molar-refractivity contribution < 1.29 is 8.76 Å². The number of halogens is 1. The fourth-order valence-electron chi connectivity index (χ4n) is 1.84. The van der Waals surface area contributed by atoms with Gasteiger partial charge in [0.25, 0.3) is 0 Å². The van der Waals surface area contributed by atoms with Crippen LogP contribution in [0, 0.1) is 0 Å². The van der Waals surface area contributed by atoms with Crippen LogP contribution in [0.2, 0.25) is 0 Å². The average Bonchev–Trinajstić information content (AvgIpc) is 2.16. The first kappa shape index (κ1) is 11.3.